The van der Waals surface area contributed by atoms with Crippen LogP contribution >= 0.6 is 0 Å². The molecule has 0 aromatic carbocycles. The van der Waals surface area contributed by atoms with Gasteiger partial charge in [0.25, 0.3) is 0 Å². The Balaban J connectivity index is 2.09. The maximum Gasteiger partial charge on any atom is 0.103 e. The summed E-state index contributed by atoms with van der Waals surface area (Å²) in [6.07, 6.45) is 1.42. The first-order valence-corrected chi connectivity index (χ1v) is 2.48. The molecule has 0 nitrogen and oxygen atoms in total. The third-order valence-electron chi connectivity index (χ3n) is 1.36. The zero-order chi connectivity index (χ0) is 4.57. The zero-order valence-corrected chi connectivity index (χ0v) is 3.95. The normalized spacial score (nSPS) is 43.0. The van der Waals surface area contributed by atoms with Gasteiger partial charge in [0, 0.05) is 0 Å². The third kappa shape index (κ3) is 0.537. The molecule has 0 amide bonds. The highest BCUT2D eigenvalue weighted by atomic mass is 19.1. The van der Waals surface area contributed by atoms with Gasteiger partial charge in [0.05, 0.1) is 0 Å². The lowest BCUT2D eigenvalue weighted by Gasteiger charge is -1.76. The van der Waals surface area contributed by atoms with Crippen molar-refractivity contribution in [2.75, 3.05) is 0 Å². The number of rotatable bonds is 1. The van der Waals surface area contributed by atoms with Crippen molar-refractivity contribution in [2.24, 2.45) is 5.92 Å². The van der Waals surface area contributed by atoms with Crippen LogP contribution in [0.15, 0.2) is 0 Å². The highest BCUT2D eigenvalue weighted by molar-refractivity contribution is 4.84. The van der Waals surface area contributed by atoms with Crippen molar-refractivity contribution in [1.82, 2.24) is 0 Å². The van der Waals surface area contributed by atoms with Crippen LogP contribution in [0.3, 0.4) is 0 Å². The molecule has 0 radical (unpaired) electrons. The van der Waals surface area contributed by atoms with Gasteiger partial charge in [0.1, 0.15) is 6.17 Å². The number of hydrogen-bond acceptors (Lipinski definition) is 0. The summed E-state index contributed by atoms with van der Waals surface area (Å²) in [5.41, 5.74) is 0. The van der Waals surface area contributed by atoms with Gasteiger partial charge in [-0.05, 0) is 12.3 Å². The fourth-order valence-electron chi connectivity index (χ4n) is 0.633. The second-order valence-electron chi connectivity index (χ2n) is 1.92. The summed E-state index contributed by atoms with van der Waals surface area (Å²) in [6.45, 7) is 2.03. The second-order valence-corrected chi connectivity index (χ2v) is 1.92. The molecule has 1 aliphatic rings. The third-order valence-corrected chi connectivity index (χ3v) is 1.36. The van der Waals surface area contributed by atoms with Crippen LogP contribution in [0.2, 0.25) is 0 Å². The minimum absolute atomic E-state index is 0.435. The van der Waals surface area contributed by atoms with Crippen molar-refractivity contribution >= 4 is 0 Å². The van der Waals surface area contributed by atoms with Crippen molar-refractivity contribution in [3.63, 3.8) is 0 Å². The van der Waals surface area contributed by atoms with Gasteiger partial charge in [-0.2, -0.15) is 0 Å². The maximum atomic E-state index is 11.8. The van der Waals surface area contributed by atoms with Gasteiger partial charge in [-0.1, -0.05) is 13.3 Å². The first-order chi connectivity index (χ1) is 2.84. The highest BCUT2D eigenvalue weighted by Gasteiger charge is 2.34. The number of hydrogen-bond donors (Lipinski definition) is 0. The highest BCUT2D eigenvalue weighted by Crippen LogP contribution is 2.35. The molecule has 6 heavy (non-hydrogen) atoms. The number of halogens is 1. The summed E-state index contributed by atoms with van der Waals surface area (Å²) in [4.78, 5) is 0. The standard InChI is InChI=1S/C5H9F/c1-2-4-3-5(4)6/h4-5H,2-3H2,1H3/t4-,5-/m1/s1. The van der Waals surface area contributed by atoms with Gasteiger partial charge < -0.3 is 0 Å². The molecule has 1 saturated carbocycles. The van der Waals surface area contributed by atoms with Crippen molar-refractivity contribution in [3.05, 3.63) is 0 Å². The van der Waals surface area contributed by atoms with Crippen LogP contribution in [0.5, 0.6) is 0 Å². The molecule has 0 N–H and O–H groups in total. The first-order valence-electron chi connectivity index (χ1n) is 2.48. The molecule has 0 aromatic rings. The quantitative estimate of drug-likeness (QED) is 0.458. The van der Waals surface area contributed by atoms with E-state index >= 15 is 0 Å². The van der Waals surface area contributed by atoms with E-state index in [9.17, 15) is 4.39 Å². The predicted octanol–water partition coefficient (Wildman–Crippen LogP) is 1.75. The molecular formula is C5H9F. The summed E-state index contributed by atoms with van der Waals surface area (Å²) in [6, 6.07) is 0. The van der Waals surface area contributed by atoms with E-state index in [4.69, 9.17) is 0 Å². The molecule has 1 rings (SSSR count). The summed E-state index contributed by atoms with van der Waals surface area (Å²) in [5.74, 6) is 0.435. The molecule has 36 valence electrons. The molecule has 0 aliphatic heterocycles. The van der Waals surface area contributed by atoms with Crippen molar-refractivity contribution < 1.29 is 4.39 Å². The minimum atomic E-state index is -0.435. The van der Waals surface area contributed by atoms with Gasteiger partial charge in [0.15, 0.2) is 0 Å². The van der Waals surface area contributed by atoms with E-state index in [1.807, 2.05) is 6.92 Å². The molecule has 1 aliphatic carbocycles. The molecule has 1 fully saturated rings. The molecule has 0 aromatic heterocycles. The topological polar surface area (TPSA) is 0 Å². The van der Waals surface area contributed by atoms with Crippen LogP contribution < -0.4 is 0 Å². The van der Waals surface area contributed by atoms with Crippen molar-refractivity contribution in [2.45, 2.75) is 25.9 Å². The molecule has 2 atom stereocenters. The molecule has 0 spiro atoms. The fraction of sp³-hybridized carbons (Fsp3) is 1.00. The molecule has 0 bridgehead atoms. The summed E-state index contributed by atoms with van der Waals surface area (Å²) in [5, 5.41) is 0. The largest absolute Gasteiger partial charge is 0.247 e. The van der Waals surface area contributed by atoms with E-state index < -0.39 is 6.17 Å². The van der Waals surface area contributed by atoms with E-state index in [1.165, 1.54) is 0 Å². The second kappa shape index (κ2) is 1.21. The van der Waals surface area contributed by atoms with Crippen LogP contribution in [0.4, 0.5) is 4.39 Å². The van der Waals surface area contributed by atoms with Gasteiger partial charge in [-0.25, -0.2) is 4.39 Å². The summed E-state index contributed by atoms with van der Waals surface area (Å²) < 4.78 is 11.8. The Morgan fingerprint density at radius 2 is 2.33 bits per heavy atom. The Morgan fingerprint density at radius 3 is 2.33 bits per heavy atom. The summed E-state index contributed by atoms with van der Waals surface area (Å²) >= 11 is 0. The molecule has 0 heterocycles. The van der Waals surface area contributed by atoms with Gasteiger partial charge in [-0.15, -0.1) is 0 Å². The van der Waals surface area contributed by atoms with E-state index in [0.29, 0.717) is 5.92 Å². The lowest BCUT2D eigenvalue weighted by Crippen LogP contribution is -1.72. The average Bonchev–Trinajstić information content (AvgIpc) is 2.19. The lowest BCUT2D eigenvalue weighted by molar-refractivity contribution is 0.442. The molecular weight excluding hydrogens is 79.1 g/mol. The SMILES string of the molecule is CC[C@@H]1C[C@H]1F. The van der Waals surface area contributed by atoms with Gasteiger partial charge >= 0.3 is 0 Å². The van der Waals surface area contributed by atoms with Crippen molar-refractivity contribution in [1.29, 1.82) is 0 Å². The first kappa shape index (κ1) is 4.10. The predicted molar refractivity (Wildman–Crippen MR) is 23.3 cm³/mol. The Kier molecular flexibility index (Phi) is 0.827. The van der Waals surface area contributed by atoms with Crippen LogP contribution in [0, 0.1) is 5.92 Å². The Labute approximate surface area is 37.4 Å². The fourth-order valence-corrected chi connectivity index (χ4v) is 0.633. The summed E-state index contributed by atoms with van der Waals surface area (Å²) in [7, 11) is 0. The van der Waals surface area contributed by atoms with Gasteiger partial charge in [-0.3, -0.25) is 0 Å². The van der Waals surface area contributed by atoms with E-state index in [2.05, 4.69) is 0 Å². The average molecular weight is 88.1 g/mol. The molecule has 1 heteroatoms. The van der Waals surface area contributed by atoms with E-state index in [1.54, 1.807) is 0 Å². The van der Waals surface area contributed by atoms with Crippen LogP contribution in [-0.2, 0) is 0 Å². The minimum Gasteiger partial charge on any atom is -0.247 e. The Hall–Kier alpha value is -0.0700. The van der Waals surface area contributed by atoms with Crippen LogP contribution in [0.25, 0.3) is 0 Å². The van der Waals surface area contributed by atoms with Crippen LogP contribution in [-0.4, -0.2) is 6.17 Å². The van der Waals surface area contributed by atoms with E-state index in [-0.39, 0.29) is 0 Å². The maximum absolute atomic E-state index is 11.8. The molecule has 0 unspecified atom stereocenters. The Bertz CT molecular complexity index is 49.9. The smallest absolute Gasteiger partial charge is 0.103 e. The van der Waals surface area contributed by atoms with Crippen molar-refractivity contribution in [3.8, 4) is 0 Å². The van der Waals surface area contributed by atoms with E-state index in [0.717, 1.165) is 12.8 Å². The number of alkyl halides is 1. The Morgan fingerprint density at radius 1 is 1.83 bits per heavy atom. The van der Waals surface area contributed by atoms with Crippen LogP contribution in [0.1, 0.15) is 19.8 Å². The zero-order valence-electron chi connectivity index (χ0n) is 3.95. The monoisotopic (exact) mass is 88.1 g/mol. The lowest BCUT2D eigenvalue weighted by atomic mass is 10.3. The van der Waals surface area contributed by atoms with Gasteiger partial charge in [0.2, 0.25) is 0 Å². The molecule has 0 saturated heterocycles.